The summed E-state index contributed by atoms with van der Waals surface area (Å²) >= 11 is 1.47. The Morgan fingerprint density at radius 2 is 1.82 bits per heavy atom. The summed E-state index contributed by atoms with van der Waals surface area (Å²) in [4.78, 5) is 37.8. The summed E-state index contributed by atoms with van der Waals surface area (Å²) < 4.78 is 3.03. The first kappa shape index (κ1) is 19.3. The number of carbonyl (C=O) groups excluding carboxylic acids is 2. The molecule has 2 aromatic heterocycles. The van der Waals surface area contributed by atoms with Gasteiger partial charge in [-0.2, -0.15) is 5.10 Å². The van der Waals surface area contributed by atoms with Gasteiger partial charge in [0.2, 0.25) is 0 Å². The molecule has 0 atom stereocenters. The average molecular weight is 397 g/mol. The third-order valence-electron chi connectivity index (χ3n) is 4.25. The molecule has 3 aromatic rings. The molecule has 0 bridgehead atoms. The molecular weight excluding hydrogens is 378 g/mol. The molecule has 0 spiro atoms. The number of nitrogens with one attached hydrogen (secondary N) is 2. The predicted octanol–water partition coefficient (Wildman–Crippen LogP) is 1.94. The van der Waals surface area contributed by atoms with E-state index in [0.717, 1.165) is 10.4 Å². The number of rotatable bonds is 4. The molecule has 0 saturated heterocycles. The van der Waals surface area contributed by atoms with Crippen LogP contribution in [0.25, 0.3) is 5.69 Å². The lowest BCUT2D eigenvalue weighted by atomic mass is 10.3. The van der Waals surface area contributed by atoms with Crippen LogP contribution in [0.15, 0.2) is 51.7 Å². The van der Waals surface area contributed by atoms with Crippen LogP contribution in [0.5, 0.6) is 0 Å². The maximum atomic E-state index is 12.7. The molecule has 3 rings (SSSR count). The predicted molar refractivity (Wildman–Crippen MR) is 109 cm³/mol. The van der Waals surface area contributed by atoms with Gasteiger partial charge in [-0.25, -0.2) is 10.1 Å². The minimum Gasteiger partial charge on any atom is -0.311 e. The summed E-state index contributed by atoms with van der Waals surface area (Å²) in [6, 6.07) is 10.9. The Hall–Kier alpha value is -3.46. The lowest BCUT2D eigenvalue weighted by Crippen LogP contribution is -2.34. The minimum atomic E-state index is -0.967. The van der Waals surface area contributed by atoms with Crippen molar-refractivity contribution < 1.29 is 9.59 Å². The number of thiophene rings is 1. The molecule has 1 aromatic carbocycles. The van der Waals surface area contributed by atoms with E-state index in [0.29, 0.717) is 11.4 Å². The van der Waals surface area contributed by atoms with Crippen molar-refractivity contribution in [1.29, 1.82) is 0 Å². The monoisotopic (exact) mass is 397 g/mol. The Morgan fingerprint density at radius 1 is 1.11 bits per heavy atom. The van der Waals surface area contributed by atoms with Gasteiger partial charge in [0, 0.05) is 11.9 Å². The molecular formula is C19H19N5O3S. The van der Waals surface area contributed by atoms with Crippen molar-refractivity contribution in [2.24, 2.45) is 12.1 Å². The first-order valence-corrected chi connectivity index (χ1v) is 9.30. The Balaban J connectivity index is 1.75. The highest BCUT2D eigenvalue weighted by Crippen LogP contribution is 2.14. The molecule has 0 aliphatic rings. The van der Waals surface area contributed by atoms with E-state index in [-0.39, 0.29) is 5.69 Å². The lowest BCUT2D eigenvalue weighted by molar-refractivity contribution is -0.136. The van der Waals surface area contributed by atoms with Crippen LogP contribution in [-0.2, 0) is 16.6 Å². The van der Waals surface area contributed by atoms with E-state index in [1.807, 2.05) is 36.6 Å². The van der Waals surface area contributed by atoms with Gasteiger partial charge in [-0.1, -0.05) is 18.2 Å². The van der Waals surface area contributed by atoms with Crippen molar-refractivity contribution in [2.45, 2.75) is 13.8 Å². The number of carbonyl (C=O) groups is 2. The minimum absolute atomic E-state index is 0.0459. The van der Waals surface area contributed by atoms with Gasteiger partial charge >= 0.3 is 11.8 Å². The van der Waals surface area contributed by atoms with Crippen LogP contribution in [0.4, 0.5) is 5.69 Å². The second-order valence-corrected chi connectivity index (χ2v) is 7.01. The quantitative estimate of drug-likeness (QED) is 0.400. The highest BCUT2D eigenvalue weighted by molar-refractivity contribution is 7.11. The maximum Gasteiger partial charge on any atom is 0.329 e. The Labute approximate surface area is 165 Å². The van der Waals surface area contributed by atoms with Crippen LogP contribution in [0.3, 0.4) is 0 Å². The fraction of sp³-hybridized carbons (Fsp3) is 0.158. The lowest BCUT2D eigenvalue weighted by Gasteiger charge is -2.07. The van der Waals surface area contributed by atoms with E-state index < -0.39 is 17.4 Å². The number of aromatic nitrogens is 2. The third kappa shape index (κ3) is 3.79. The fourth-order valence-corrected chi connectivity index (χ4v) is 3.39. The Bertz CT molecular complexity index is 1110. The van der Waals surface area contributed by atoms with E-state index in [1.165, 1.54) is 22.2 Å². The zero-order valence-electron chi connectivity index (χ0n) is 15.6. The normalized spacial score (nSPS) is 11.0. The molecule has 2 amide bonds. The zero-order chi connectivity index (χ0) is 20.3. The highest BCUT2D eigenvalue weighted by Gasteiger charge is 2.21. The van der Waals surface area contributed by atoms with Crippen LogP contribution >= 0.6 is 11.3 Å². The Kier molecular flexibility index (Phi) is 5.55. The average Bonchev–Trinajstić information content (AvgIpc) is 3.18. The molecule has 0 radical (unpaired) electrons. The molecule has 0 saturated carbocycles. The van der Waals surface area contributed by atoms with Crippen LogP contribution < -0.4 is 16.3 Å². The molecule has 144 valence electrons. The number of aryl methyl sites for hydroxylation is 1. The summed E-state index contributed by atoms with van der Waals surface area (Å²) in [7, 11) is 1.70. The van der Waals surface area contributed by atoms with E-state index in [2.05, 4.69) is 15.8 Å². The highest BCUT2D eigenvalue weighted by atomic mass is 32.1. The second kappa shape index (κ2) is 8.05. The summed E-state index contributed by atoms with van der Waals surface area (Å²) in [6.45, 7) is 3.61. The number of hydrogen-bond donors (Lipinski definition) is 2. The molecule has 0 unspecified atom stereocenters. The topological polar surface area (TPSA) is 97.5 Å². The first-order chi connectivity index (χ1) is 13.4. The summed E-state index contributed by atoms with van der Waals surface area (Å²) in [5, 5.41) is 8.08. The van der Waals surface area contributed by atoms with Crippen molar-refractivity contribution in [1.82, 2.24) is 14.8 Å². The molecule has 0 aliphatic carbocycles. The molecule has 9 heteroatoms. The van der Waals surface area contributed by atoms with Gasteiger partial charge in [-0.3, -0.25) is 19.1 Å². The number of nitrogens with zero attached hydrogens (tertiary/aromatic N) is 3. The smallest absolute Gasteiger partial charge is 0.311 e. The molecule has 0 aliphatic heterocycles. The summed E-state index contributed by atoms with van der Waals surface area (Å²) in [6.07, 6.45) is 1.47. The maximum absolute atomic E-state index is 12.7. The number of benzene rings is 1. The van der Waals surface area contributed by atoms with Crippen molar-refractivity contribution in [2.75, 3.05) is 5.32 Å². The van der Waals surface area contributed by atoms with Crippen LogP contribution in [0.1, 0.15) is 16.1 Å². The fourth-order valence-electron chi connectivity index (χ4n) is 2.60. The largest absolute Gasteiger partial charge is 0.329 e. The zero-order valence-corrected chi connectivity index (χ0v) is 16.4. The van der Waals surface area contributed by atoms with Crippen LogP contribution in [-0.4, -0.2) is 27.4 Å². The first-order valence-electron chi connectivity index (χ1n) is 8.42. The number of para-hydroxylation sites is 1. The van der Waals surface area contributed by atoms with E-state index in [1.54, 1.807) is 30.8 Å². The van der Waals surface area contributed by atoms with E-state index >= 15 is 0 Å². The number of anilines is 1. The number of hydrazone groups is 1. The molecule has 28 heavy (non-hydrogen) atoms. The summed E-state index contributed by atoms with van der Waals surface area (Å²) in [5.41, 5.74) is 3.98. The van der Waals surface area contributed by atoms with Crippen molar-refractivity contribution in [3.8, 4) is 5.69 Å². The van der Waals surface area contributed by atoms with Gasteiger partial charge in [-0.15, -0.1) is 11.3 Å². The van der Waals surface area contributed by atoms with Gasteiger partial charge in [-0.05, 0) is 43.0 Å². The van der Waals surface area contributed by atoms with Gasteiger partial charge in [0.05, 0.1) is 17.6 Å². The molecule has 8 nitrogen and oxygen atoms in total. The Morgan fingerprint density at radius 3 is 2.46 bits per heavy atom. The van der Waals surface area contributed by atoms with E-state index in [9.17, 15) is 14.4 Å². The van der Waals surface area contributed by atoms with E-state index in [4.69, 9.17) is 0 Å². The van der Waals surface area contributed by atoms with Gasteiger partial charge in [0.25, 0.3) is 5.56 Å². The van der Waals surface area contributed by atoms with Crippen molar-refractivity contribution >= 4 is 35.1 Å². The van der Waals surface area contributed by atoms with Gasteiger partial charge in [0.15, 0.2) is 0 Å². The standard InChI is InChI=1S/C19H19N5O3S/c1-12-9-10-28-15(12)11-20-22-18(26)17(25)21-16-13(2)23(3)24(19(16)27)14-7-5-4-6-8-14/h4-11H,1-3H3,(H,21,25)(H,22,26)/b20-11+. The molecule has 2 heterocycles. The molecule has 0 fully saturated rings. The SMILES string of the molecule is Cc1ccsc1/C=N/NC(=O)C(=O)Nc1c(C)n(C)n(-c2ccccc2)c1=O. The van der Waals surface area contributed by atoms with Crippen LogP contribution in [0, 0.1) is 13.8 Å². The third-order valence-corrected chi connectivity index (χ3v) is 5.20. The van der Waals surface area contributed by atoms with Crippen LogP contribution in [0.2, 0.25) is 0 Å². The van der Waals surface area contributed by atoms with Gasteiger partial charge in [0.1, 0.15) is 5.69 Å². The van der Waals surface area contributed by atoms with Crippen molar-refractivity contribution in [3.63, 3.8) is 0 Å². The van der Waals surface area contributed by atoms with Gasteiger partial charge < -0.3 is 5.32 Å². The second-order valence-electron chi connectivity index (χ2n) is 6.06. The molecule has 2 N–H and O–H groups in total. The van der Waals surface area contributed by atoms with Crippen molar-refractivity contribution in [3.05, 3.63) is 68.3 Å². The summed E-state index contributed by atoms with van der Waals surface area (Å²) in [5.74, 6) is -1.93. The number of amides is 2. The number of hydrogen-bond acceptors (Lipinski definition) is 5.